The van der Waals surface area contributed by atoms with Crippen LogP contribution in [0.3, 0.4) is 0 Å². The summed E-state index contributed by atoms with van der Waals surface area (Å²) in [7, 11) is 0. The maximum Gasteiger partial charge on any atom is 0.375 e. The summed E-state index contributed by atoms with van der Waals surface area (Å²) in [5.74, 6) is -2.65. The van der Waals surface area contributed by atoms with Crippen LogP contribution >= 0.6 is 0 Å². The Kier molecular flexibility index (Phi) is 2.54. The van der Waals surface area contributed by atoms with Crippen LogP contribution in [0.25, 0.3) is 0 Å². The monoisotopic (exact) mass is 212 g/mol. The van der Waals surface area contributed by atoms with Gasteiger partial charge in [-0.1, -0.05) is 19.3 Å². The number of ketones is 1. The smallest absolute Gasteiger partial charge is 0.375 e. The molecule has 0 aromatic carbocycles. The summed E-state index contributed by atoms with van der Waals surface area (Å²) in [4.78, 5) is 21.5. The first-order valence-corrected chi connectivity index (χ1v) is 5.52. The summed E-state index contributed by atoms with van der Waals surface area (Å²) in [5.41, 5.74) is 0.1000. The molecule has 0 aromatic rings. The number of rotatable bonds is 3. The molecule has 0 aliphatic heterocycles. The van der Waals surface area contributed by atoms with Gasteiger partial charge in [-0.25, -0.2) is 4.79 Å². The fourth-order valence-electron chi connectivity index (χ4n) is 2.97. The molecule has 0 bridgehead atoms. The van der Waals surface area contributed by atoms with E-state index in [4.69, 9.17) is 5.11 Å². The SMILES string of the molecule is O=C(O)C(=O)C(O)[C@@H]1CC12CCCCC2. The first-order chi connectivity index (χ1) is 7.07. The lowest BCUT2D eigenvalue weighted by atomic mass is 9.83. The predicted molar refractivity (Wildman–Crippen MR) is 52.3 cm³/mol. The molecule has 0 amide bonds. The molecule has 2 rings (SSSR count). The van der Waals surface area contributed by atoms with E-state index in [1.807, 2.05) is 0 Å². The van der Waals surface area contributed by atoms with E-state index in [2.05, 4.69) is 0 Å². The fourth-order valence-corrected chi connectivity index (χ4v) is 2.97. The van der Waals surface area contributed by atoms with Crippen LogP contribution in [0.1, 0.15) is 38.5 Å². The number of carboxylic acids is 1. The maximum absolute atomic E-state index is 11.1. The van der Waals surface area contributed by atoms with Crippen LogP contribution in [-0.4, -0.2) is 28.1 Å². The van der Waals surface area contributed by atoms with Crippen LogP contribution < -0.4 is 0 Å². The van der Waals surface area contributed by atoms with Crippen LogP contribution in [0.5, 0.6) is 0 Å². The topological polar surface area (TPSA) is 74.6 Å². The van der Waals surface area contributed by atoms with Crippen molar-refractivity contribution in [1.82, 2.24) is 0 Å². The molecule has 0 aromatic heterocycles. The van der Waals surface area contributed by atoms with Gasteiger partial charge in [-0.15, -0.1) is 0 Å². The van der Waals surface area contributed by atoms with Crippen molar-refractivity contribution >= 4 is 11.8 Å². The third-order valence-corrected chi connectivity index (χ3v) is 3.96. The quantitative estimate of drug-likeness (QED) is 0.683. The van der Waals surface area contributed by atoms with Gasteiger partial charge in [-0.3, -0.25) is 4.79 Å². The molecule has 2 fully saturated rings. The zero-order chi connectivity index (χ0) is 11.1. The lowest BCUT2D eigenvalue weighted by molar-refractivity contribution is -0.154. The number of hydrogen-bond donors (Lipinski definition) is 2. The van der Waals surface area contributed by atoms with E-state index in [9.17, 15) is 14.7 Å². The Morgan fingerprint density at radius 1 is 1.20 bits per heavy atom. The Morgan fingerprint density at radius 3 is 2.33 bits per heavy atom. The van der Waals surface area contributed by atoms with Crippen molar-refractivity contribution in [2.75, 3.05) is 0 Å². The molecule has 2 atom stereocenters. The zero-order valence-corrected chi connectivity index (χ0v) is 8.61. The van der Waals surface area contributed by atoms with E-state index in [-0.39, 0.29) is 11.3 Å². The highest BCUT2D eigenvalue weighted by Gasteiger charge is 2.58. The standard InChI is InChI=1S/C11H16O4/c12-8(9(13)10(14)15)7-6-11(7)4-2-1-3-5-11/h7-8,12H,1-6H2,(H,14,15)/t7-,8?/m0/s1. The van der Waals surface area contributed by atoms with Gasteiger partial charge < -0.3 is 10.2 Å². The summed E-state index contributed by atoms with van der Waals surface area (Å²) in [5, 5.41) is 18.1. The van der Waals surface area contributed by atoms with Crippen LogP contribution in [0.4, 0.5) is 0 Å². The first-order valence-electron chi connectivity index (χ1n) is 5.52. The summed E-state index contributed by atoms with van der Waals surface area (Å²) in [6.45, 7) is 0. The number of carbonyl (C=O) groups is 2. The van der Waals surface area contributed by atoms with Crippen molar-refractivity contribution in [3.8, 4) is 0 Å². The van der Waals surface area contributed by atoms with Gasteiger partial charge in [0.2, 0.25) is 0 Å². The lowest BCUT2D eigenvalue weighted by Gasteiger charge is -2.23. The molecule has 0 heterocycles. The summed E-state index contributed by atoms with van der Waals surface area (Å²) < 4.78 is 0. The molecule has 0 radical (unpaired) electrons. The van der Waals surface area contributed by atoms with E-state index >= 15 is 0 Å². The molecule has 2 N–H and O–H groups in total. The van der Waals surface area contributed by atoms with Crippen molar-refractivity contribution in [1.29, 1.82) is 0 Å². The molecule has 2 aliphatic carbocycles. The largest absolute Gasteiger partial charge is 0.475 e. The maximum atomic E-state index is 11.1. The Labute approximate surface area is 88.3 Å². The second kappa shape index (κ2) is 3.59. The number of carbonyl (C=O) groups excluding carboxylic acids is 1. The summed E-state index contributed by atoms with van der Waals surface area (Å²) in [6.07, 6.45) is 5.14. The molecule has 84 valence electrons. The van der Waals surface area contributed by atoms with Crippen molar-refractivity contribution < 1.29 is 19.8 Å². The molecule has 15 heavy (non-hydrogen) atoms. The average molecular weight is 212 g/mol. The molecule has 2 aliphatic rings. The number of aliphatic carboxylic acids is 1. The number of carboxylic acid groups (broad SMARTS) is 1. The van der Waals surface area contributed by atoms with Gasteiger partial charge in [0, 0.05) is 0 Å². The Balaban J connectivity index is 1.97. The molecule has 1 spiro atoms. The minimum atomic E-state index is -1.51. The van der Waals surface area contributed by atoms with Gasteiger partial charge >= 0.3 is 5.97 Å². The van der Waals surface area contributed by atoms with E-state index < -0.39 is 17.9 Å². The van der Waals surface area contributed by atoms with Crippen molar-refractivity contribution in [3.63, 3.8) is 0 Å². The Hall–Kier alpha value is -0.900. The lowest BCUT2D eigenvalue weighted by Crippen LogP contribution is -2.32. The van der Waals surface area contributed by atoms with Crippen molar-refractivity contribution in [2.24, 2.45) is 11.3 Å². The van der Waals surface area contributed by atoms with E-state index in [1.54, 1.807) is 0 Å². The zero-order valence-electron chi connectivity index (χ0n) is 8.61. The summed E-state index contributed by atoms with van der Waals surface area (Å²) >= 11 is 0. The number of hydrogen-bond acceptors (Lipinski definition) is 3. The van der Waals surface area contributed by atoms with Gasteiger partial charge in [0.15, 0.2) is 0 Å². The van der Waals surface area contributed by atoms with E-state index in [1.165, 1.54) is 6.42 Å². The van der Waals surface area contributed by atoms with Gasteiger partial charge in [-0.05, 0) is 30.6 Å². The van der Waals surface area contributed by atoms with Crippen molar-refractivity contribution in [2.45, 2.75) is 44.6 Å². The van der Waals surface area contributed by atoms with Crippen molar-refractivity contribution in [3.05, 3.63) is 0 Å². The molecule has 4 nitrogen and oxygen atoms in total. The molecular formula is C11H16O4. The third-order valence-electron chi connectivity index (χ3n) is 3.96. The molecule has 4 heteroatoms. The van der Waals surface area contributed by atoms with Gasteiger partial charge in [0.25, 0.3) is 5.78 Å². The fraction of sp³-hybridized carbons (Fsp3) is 0.818. The van der Waals surface area contributed by atoms with Crippen LogP contribution in [0.2, 0.25) is 0 Å². The van der Waals surface area contributed by atoms with Gasteiger partial charge in [0.1, 0.15) is 6.10 Å². The first kappa shape index (κ1) is 10.6. The highest BCUT2D eigenvalue weighted by molar-refractivity contribution is 6.34. The summed E-state index contributed by atoms with van der Waals surface area (Å²) in [6, 6.07) is 0. The minimum absolute atomic E-state index is 0.0959. The van der Waals surface area contributed by atoms with Gasteiger partial charge in [0.05, 0.1) is 0 Å². The highest BCUT2D eigenvalue weighted by atomic mass is 16.4. The van der Waals surface area contributed by atoms with Crippen LogP contribution in [0, 0.1) is 11.3 Å². The molecular weight excluding hydrogens is 196 g/mol. The highest BCUT2D eigenvalue weighted by Crippen LogP contribution is 2.62. The second-order valence-corrected chi connectivity index (χ2v) is 4.85. The third kappa shape index (κ3) is 1.78. The normalized spacial score (nSPS) is 29.8. The van der Waals surface area contributed by atoms with E-state index in [0.29, 0.717) is 0 Å². The Bertz CT molecular complexity index is 291. The number of aliphatic hydroxyl groups excluding tert-OH is 1. The Morgan fingerprint density at radius 2 is 1.80 bits per heavy atom. The van der Waals surface area contributed by atoms with E-state index in [0.717, 1.165) is 32.1 Å². The average Bonchev–Trinajstić information content (AvgIpc) is 2.91. The number of aliphatic hydroxyl groups is 1. The second-order valence-electron chi connectivity index (χ2n) is 4.85. The molecule has 0 saturated heterocycles. The number of Topliss-reactive ketones (excluding diaryl/α,β-unsaturated/α-hetero) is 1. The van der Waals surface area contributed by atoms with Crippen LogP contribution in [0.15, 0.2) is 0 Å². The minimum Gasteiger partial charge on any atom is -0.475 e. The molecule has 2 saturated carbocycles. The predicted octanol–water partition coefficient (Wildman–Crippen LogP) is 0.971. The molecule has 1 unspecified atom stereocenters. The van der Waals surface area contributed by atoms with Gasteiger partial charge in [-0.2, -0.15) is 0 Å². The van der Waals surface area contributed by atoms with Crippen LogP contribution in [-0.2, 0) is 9.59 Å².